The monoisotopic (exact) mass is 487 g/mol. The second-order valence-electron chi connectivity index (χ2n) is 6.92. The van der Waals surface area contributed by atoms with Gasteiger partial charge in [-0.05, 0) is 30.7 Å². The third kappa shape index (κ3) is 7.05. The third-order valence-corrected chi connectivity index (χ3v) is 5.10. The summed E-state index contributed by atoms with van der Waals surface area (Å²) < 4.78 is 21.3. The van der Waals surface area contributed by atoms with Gasteiger partial charge in [0.1, 0.15) is 5.82 Å². The van der Waals surface area contributed by atoms with E-state index in [9.17, 15) is 4.79 Å². The fraction of sp³-hybridized carbons (Fsp3) is 0.455. The van der Waals surface area contributed by atoms with Crippen LogP contribution >= 0.6 is 24.8 Å². The quantitative estimate of drug-likeness (QED) is 0.393. The Morgan fingerprint density at radius 3 is 2.16 bits per heavy atom. The number of halogens is 2. The first-order chi connectivity index (χ1) is 14.7. The highest BCUT2D eigenvalue weighted by Gasteiger charge is 2.19. The van der Waals surface area contributed by atoms with E-state index < -0.39 is 5.97 Å². The van der Waals surface area contributed by atoms with Gasteiger partial charge in [-0.3, -0.25) is 4.90 Å². The molecule has 0 unspecified atom stereocenters. The van der Waals surface area contributed by atoms with Crippen molar-refractivity contribution in [3.05, 3.63) is 42.1 Å². The summed E-state index contributed by atoms with van der Waals surface area (Å²) in [5.41, 5.74) is 0.369. The number of methoxy groups -OCH3 is 3. The van der Waals surface area contributed by atoms with Crippen LogP contribution in [0.15, 0.2) is 36.5 Å². The van der Waals surface area contributed by atoms with E-state index in [2.05, 4.69) is 14.8 Å². The number of nitrogens with zero attached hydrogens (tertiary/aromatic N) is 3. The molecule has 0 radical (unpaired) electrons. The van der Waals surface area contributed by atoms with Gasteiger partial charge in [-0.25, -0.2) is 9.78 Å². The van der Waals surface area contributed by atoms with Crippen LogP contribution in [-0.4, -0.2) is 76.5 Å². The molecule has 3 rings (SSSR count). The highest BCUT2D eigenvalue weighted by Crippen LogP contribution is 2.38. The number of aromatic nitrogens is 1. The molecule has 0 atom stereocenters. The number of hydrogen-bond donors (Lipinski definition) is 0. The Labute approximate surface area is 201 Å². The van der Waals surface area contributed by atoms with Crippen molar-refractivity contribution in [3.8, 4) is 17.2 Å². The first kappa shape index (κ1) is 27.6. The fourth-order valence-electron chi connectivity index (χ4n) is 3.48. The number of hydrogen-bond acceptors (Lipinski definition) is 8. The first-order valence-electron chi connectivity index (χ1n) is 10.0. The largest absolute Gasteiger partial charge is 0.493 e. The van der Waals surface area contributed by atoms with Gasteiger partial charge < -0.3 is 23.8 Å². The zero-order valence-electron chi connectivity index (χ0n) is 18.6. The minimum absolute atomic E-state index is 0. The van der Waals surface area contributed by atoms with Gasteiger partial charge in [-0.1, -0.05) is 6.07 Å². The summed E-state index contributed by atoms with van der Waals surface area (Å²) >= 11 is 0. The van der Waals surface area contributed by atoms with Gasteiger partial charge >= 0.3 is 5.97 Å². The molecule has 0 aliphatic carbocycles. The van der Waals surface area contributed by atoms with Gasteiger partial charge in [0.25, 0.3) is 0 Å². The molecule has 1 aliphatic rings. The van der Waals surface area contributed by atoms with Gasteiger partial charge in [-0.15, -0.1) is 24.8 Å². The molecule has 178 valence electrons. The second kappa shape index (κ2) is 13.9. The smallest absolute Gasteiger partial charge is 0.338 e. The molecule has 1 saturated heterocycles. The van der Waals surface area contributed by atoms with Gasteiger partial charge in [-0.2, -0.15) is 0 Å². The molecule has 1 aromatic heterocycles. The fourth-order valence-corrected chi connectivity index (χ4v) is 3.48. The predicted octanol–water partition coefficient (Wildman–Crippen LogP) is 3.32. The Morgan fingerprint density at radius 1 is 0.969 bits per heavy atom. The van der Waals surface area contributed by atoms with Crippen molar-refractivity contribution in [1.29, 1.82) is 0 Å². The van der Waals surface area contributed by atoms with Crippen molar-refractivity contribution >= 4 is 36.6 Å². The van der Waals surface area contributed by atoms with Crippen molar-refractivity contribution in [2.45, 2.75) is 6.42 Å². The topological polar surface area (TPSA) is 73.4 Å². The van der Waals surface area contributed by atoms with Gasteiger partial charge in [0.2, 0.25) is 5.75 Å². The molecule has 8 nitrogen and oxygen atoms in total. The standard InChI is InChI=1S/C22H29N3O5.2ClH/c1-27-18-15-17(16-19(28-2)21(18)29-3)22(26)30-14-6-9-24-10-12-25(13-11-24)20-7-4-5-8-23-20;;/h4-5,7-8,15-16H,6,9-14H2,1-3H3;2*1H. The lowest BCUT2D eigenvalue weighted by atomic mass is 10.2. The Balaban J connectivity index is 0.00000256. The second-order valence-corrected chi connectivity index (χ2v) is 6.92. The summed E-state index contributed by atoms with van der Waals surface area (Å²) in [5.74, 6) is 1.91. The number of piperazine rings is 1. The number of carbonyl (C=O) groups excluding carboxylic acids is 1. The zero-order valence-corrected chi connectivity index (χ0v) is 20.2. The van der Waals surface area contributed by atoms with Crippen molar-refractivity contribution < 1.29 is 23.7 Å². The molecule has 0 bridgehead atoms. The first-order valence-corrected chi connectivity index (χ1v) is 10.0. The molecule has 1 fully saturated rings. The molecule has 10 heteroatoms. The van der Waals surface area contributed by atoms with Crippen LogP contribution in [0.2, 0.25) is 0 Å². The van der Waals surface area contributed by atoms with E-state index in [-0.39, 0.29) is 24.8 Å². The van der Waals surface area contributed by atoms with E-state index in [1.165, 1.54) is 21.3 Å². The molecular weight excluding hydrogens is 457 g/mol. The normalized spacial score (nSPS) is 13.4. The SMILES string of the molecule is COc1cc(C(=O)OCCCN2CCN(c3ccccn3)CC2)cc(OC)c1OC.Cl.Cl. The summed E-state index contributed by atoms with van der Waals surface area (Å²) in [5, 5.41) is 0. The number of pyridine rings is 1. The predicted molar refractivity (Wildman–Crippen MR) is 128 cm³/mol. The summed E-state index contributed by atoms with van der Waals surface area (Å²) in [6.45, 7) is 5.08. The highest BCUT2D eigenvalue weighted by molar-refractivity contribution is 5.91. The van der Waals surface area contributed by atoms with E-state index in [1.807, 2.05) is 24.4 Å². The summed E-state index contributed by atoms with van der Waals surface area (Å²) in [6, 6.07) is 9.18. The number of anilines is 1. The van der Waals surface area contributed by atoms with Gasteiger partial charge in [0, 0.05) is 38.9 Å². The van der Waals surface area contributed by atoms with Crippen LogP contribution in [-0.2, 0) is 4.74 Å². The molecule has 2 aromatic rings. The van der Waals surface area contributed by atoms with Crippen molar-refractivity contribution in [3.63, 3.8) is 0 Å². The summed E-state index contributed by atoms with van der Waals surface area (Å²) in [6.07, 6.45) is 2.60. The average Bonchev–Trinajstić information content (AvgIpc) is 2.81. The zero-order chi connectivity index (χ0) is 21.3. The highest BCUT2D eigenvalue weighted by atomic mass is 35.5. The van der Waals surface area contributed by atoms with Crippen LogP contribution in [0.4, 0.5) is 5.82 Å². The van der Waals surface area contributed by atoms with Gasteiger partial charge in [0.05, 0.1) is 33.5 Å². The molecule has 0 amide bonds. The lowest BCUT2D eigenvalue weighted by Gasteiger charge is -2.35. The maximum atomic E-state index is 12.4. The van der Waals surface area contributed by atoms with Crippen LogP contribution in [0.25, 0.3) is 0 Å². The number of benzene rings is 1. The van der Waals surface area contributed by atoms with E-state index >= 15 is 0 Å². The van der Waals surface area contributed by atoms with Crippen LogP contribution in [0.5, 0.6) is 17.2 Å². The van der Waals surface area contributed by atoms with Crippen LogP contribution in [0, 0.1) is 0 Å². The maximum absolute atomic E-state index is 12.4. The molecular formula is C22H31Cl2N3O5. The van der Waals surface area contributed by atoms with E-state index in [4.69, 9.17) is 18.9 Å². The molecule has 0 spiro atoms. The number of ether oxygens (including phenoxy) is 4. The molecule has 2 heterocycles. The Morgan fingerprint density at radius 2 is 1.62 bits per heavy atom. The summed E-state index contributed by atoms with van der Waals surface area (Å²) in [7, 11) is 4.55. The van der Waals surface area contributed by atoms with E-state index in [1.54, 1.807) is 12.1 Å². The Hall–Kier alpha value is -2.42. The van der Waals surface area contributed by atoms with Crippen LogP contribution < -0.4 is 19.1 Å². The molecule has 32 heavy (non-hydrogen) atoms. The number of carbonyl (C=O) groups is 1. The maximum Gasteiger partial charge on any atom is 0.338 e. The minimum atomic E-state index is -0.408. The third-order valence-electron chi connectivity index (χ3n) is 5.10. The minimum Gasteiger partial charge on any atom is -0.493 e. The lowest BCUT2D eigenvalue weighted by molar-refractivity contribution is 0.0486. The molecule has 1 aliphatic heterocycles. The summed E-state index contributed by atoms with van der Waals surface area (Å²) in [4.78, 5) is 21.5. The molecule has 0 saturated carbocycles. The molecule has 1 aromatic carbocycles. The van der Waals surface area contributed by atoms with Crippen molar-refractivity contribution in [1.82, 2.24) is 9.88 Å². The van der Waals surface area contributed by atoms with Crippen molar-refractivity contribution in [2.24, 2.45) is 0 Å². The van der Waals surface area contributed by atoms with Gasteiger partial charge in [0.15, 0.2) is 11.5 Å². The lowest BCUT2D eigenvalue weighted by Crippen LogP contribution is -2.47. The Bertz CT molecular complexity index is 809. The average molecular weight is 488 g/mol. The Kier molecular flexibility index (Phi) is 12.0. The van der Waals surface area contributed by atoms with E-state index in [0.717, 1.165) is 45.0 Å². The van der Waals surface area contributed by atoms with Crippen LogP contribution in [0.1, 0.15) is 16.8 Å². The number of rotatable bonds is 9. The van der Waals surface area contributed by atoms with Crippen molar-refractivity contribution in [2.75, 3.05) is 65.6 Å². The van der Waals surface area contributed by atoms with E-state index in [0.29, 0.717) is 29.4 Å². The van der Waals surface area contributed by atoms with Crippen LogP contribution in [0.3, 0.4) is 0 Å². The number of esters is 1. The molecule has 0 N–H and O–H groups in total.